The zero-order valence-electron chi connectivity index (χ0n) is 15.3. The van der Waals surface area contributed by atoms with Crippen molar-refractivity contribution in [2.24, 2.45) is 0 Å². The Labute approximate surface area is 152 Å². The van der Waals surface area contributed by atoms with Crippen LogP contribution in [0.1, 0.15) is 18.7 Å². The van der Waals surface area contributed by atoms with Gasteiger partial charge >= 0.3 is 0 Å². The van der Waals surface area contributed by atoms with Crippen molar-refractivity contribution in [3.05, 3.63) is 18.1 Å². The van der Waals surface area contributed by atoms with Gasteiger partial charge in [-0.15, -0.1) is 5.54 Å². The molecule has 0 radical (unpaired) electrons. The van der Waals surface area contributed by atoms with Crippen LogP contribution >= 0.6 is 0 Å². The van der Waals surface area contributed by atoms with E-state index in [0.717, 1.165) is 0 Å². The van der Waals surface area contributed by atoms with Crippen LogP contribution in [0.2, 0.25) is 19.6 Å². The molecule has 0 aliphatic carbocycles. The van der Waals surface area contributed by atoms with Crippen molar-refractivity contribution >= 4 is 24.9 Å². The lowest BCUT2D eigenvalue weighted by atomic mass is 9.96. The fraction of sp³-hybridized carbons (Fsp3) is 0.529. The summed E-state index contributed by atoms with van der Waals surface area (Å²) in [6.45, 7) is 7.44. The Bertz CT molecular complexity index is 894. The molecule has 0 spiro atoms. The summed E-state index contributed by atoms with van der Waals surface area (Å²) in [5.41, 5.74) is 8.80. The lowest BCUT2D eigenvalue weighted by Gasteiger charge is -2.27. The average Bonchev–Trinajstić information content (AvgIpc) is 3.02. The summed E-state index contributed by atoms with van der Waals surface area (Å²) in [4.78, 5) is 8.31. The molecule has 0 saturated carbocycles. The molecule has 3 rings (SSSR count). The highest BCUT2D eigenvalue weighted by Gasteiger charge is 2.53. The number of fused-ring (bicyclic) bond motifs is 1. The van der Waals surface area contributed by atoms with Crippen LogP contribution in [-0.2, 0) is 4.74 Å². The molecule has 0 amide bonds. The molecule has 5 N–H and O–H groups in total. The smallest absolute Gasteiger partial charge is 0.167 e. The summed E-state index contributed by atoms with van der Waals surface area (Å²) in [6.07, 6.45) is -0.0650. The molecule has 1 saturated heterocycles. The highest BCUT2D eigenvalue weighted by Crippen LogP contribution is 2.40. The molecule has 3 heterocycles. The van der Waals surface area contributed by atoms with Crippen molar-refractivity contribution in [3.63, 3.8) is 0 Å². The molecule has 2 aromatic rings. The summed E-state index contributed by atoms with van der Waals surface area (Å²) in [5.74, 6) is 3.44. The molecule has 9 heteroatoms. The topological polar surface area (TPSA) is 127 Å². The second kappa shape index (κ2) is 6.33. The largest absolute Gasteiger partial charge is 0.394 e. The van der Waals surface area contributed by atoms with Crippen molar-refractivity contribution in [1.29, 1.82) is 0 Å². The summed E-state index contributed by atoms with van der Waals surface area (Å²) in [7, 11) is -1.63. The van der Waals surface area contributed by atoms with Crippen molar-refractivity contribution in [1.82, 2.24) is 14.5 Å². The predicted molar refractivity (Wildman–Crippen MR) is 99.8 cm³/mol. The molecule has 2 aromatic heterocycles. The summed E-state index contributed by atoms with van der Waals surface area (Å²) >= 11 is 0. The fourth-order valence-corrected chi connectivity index (χ4v) is 3.54. The number of aromatic nitrogens is 3. The van der Waals surface area contributed by atoms with E-state index in [2.05, 4.69) is 41.1 Å². The van der Waals surface area contributed by atoms with E-state index in [9.17, 15) is 15.3 Å². The maximum absolute atomic E-state index is 10.8. The van der Waals surface area contributed by atoms with Gasteiger partial charge in [-0.2, -0.15) is 0 Å². The van der Waals surface area contributed by atoms with Crippen LogP contribution < -0.4 is 5.73 Å². The third-order valence-electron chi connectivity index (χ3n) is 4.40. The van der Waals surface area contributed by atoms with Gasteiger partial charge in [0, 0.05) is 6.20 Å². The van der Waals surface area contributed by atoms with Crippen LogP contribution in [-0.4, -0.2) is 62.3 Å². The Morgan fingerprint density at radius 2 is 2.08 bits per heavy atom. The van der Waals surface area contributed by atoms with Gasteiger partial charge in [0.25, 0.3) is 0 Å². The number of nitrogen functional groups attached to an aromatic ring is 1. The molecule has 1 aliphatic rings. The maximum atomic E-state index is 10.8. The van der Waals surface area contributed by atoms with Gasteiger partial charge in [0.2, 0.25) is 0 Å². The van der Waals surface area contributed by atoms with E-state index in [1.807, 2.05) is 0 Å². The predicted octanol–water partition coefficient (Wildman–Crippen LogP) is 0.244. The highest BCUT2D eigenvalue weighted by molar-refractivity contribution is 6.83. The van der Waals surface area contributed by atoms with E-state index < -0.39 is 38.7 Å². The molecule has 3 unspecified atom stereocenters. The first kappa shape index (κ1) is 18.8. The van der Waals surface area contributed by atoms with Crippen LogP contribution in [0.5, 0.6) is 0 Å². The second-order valence-electron chi connectivity index (χ2n) is 7.79. The first-order chi connectivity index (χ1) is 12.1. The van der Waals surface area contributed by atoms with E-state index in [1.54, 1.807) is 10.8 Å². The third kappa shape index (κ3) is 3.11. The number of ether oxygens (including phenoxy) is 1. The van der Waals surface area contributed by atoms with Gasteiger partial charge in [0.15, 0.2) is 6.23 Å². The quantitative estimate of drug-likeness (QED) is 0.437. The molecule has 26 heavy (non-hydrogen) atoms. The number of hydrogen-bond donors (Lipinski definition) is 4. The molecule has 140 valence electrons. The molecule has 1 fully saturated rings. The molecular weight excluding hydrogens is 352 g/mol. The Hall–Kier alpha value is -1.96. The van der Waals surface area contributed by atoms with Crippen LogP contribution in [0, 0.1) is 11.5 Å². The van der Waals surface area contributed by atoms with E-state index in [4.69, 9.17) is 10.5 Å². The summed E-state index contributed by atoms with van der Waals surface area (Å²) in [6, 6.07) is 0. The fourth-order valence-electron chi connectivity index (χ4n) is 3.03. The lowest BCUT2D eigenvalue weighted by molar-refractivity contribution is -0.0948. The van der Waals surface area contributed by atoms with E-state index in [0.29, 0.717) is 16.6 Å². The Morgan fingerprint density at radius 3 is 2.65 bits per heavy atom. The normalized spacial score (nSPS) is 29.0. The van der Waals surface area contributed by atoms with Gasteiger partial charge in [-0.1, -0.05) is 25.6 Å². The monoisotopic (exact) mass is 376 g/mol. The van der Waals surface area contributed by atoms with Crippen LogP contribution in [0.4, 0.5) is 5.82 Å². The number of anilines is 1. The van der Waals surface area contributed by atoms with Crippen LogP contribution in [0.15, 0.2) is 12.5 Å². The van der Waals surface area contributed by atoms with Crippen molar-refractivity contribution in [3.8, 4) is 11.5 Å². The van der Waals surface area contributed by atoms with Crippen molar-refractivity contribution in [2.75, 3.05) is 12.3 Å². The minimum Gasteiger partial charge on any atom is -0.394 e. The standard InChI is InChI=1S/C17H24N4O4Si/c1-17(24)13(23)11(8-22)25-16(17)21-7-10(5-6-26(2,3)4)12-14(18)19-9-20-15(12)21/h7,9,11,13,16,22-24H,8H2,1-4H3,(H2,18,19,20)/t11?,13-,16?,17?/m1/s1. The number of rotatable bonds is 2. The van der Waals surface area contributed by atoms with E-state index >= 15 is 0 Å². The number of hydrogen-bond acceptors (Lipinski definition) is 7. The minimum absolute atomic E-state index is 0.283. The molecule has 1 aliphatic heterocycles. The Balaban J connectivity index is 2.19. The van der Waals surface area contributed by atoms with Gasteiger partial charge in [0.1, 0.15) is 43.7 Å². The third-order valence-corrected chi connectivity index (χ3v) is 5.27. The maximum Gasteiger partial charge on any atom is 0.167 e. The molecule has 8 nitrogen and oxygen atoms in total. The molecule has 4 atom stereocenters. The zero-order valence-corrected chi connectivity index (χ0v) is 16.3. The molecule has 0 aromatic carbocycles. The SMILES string of the molecule is CC1(O)C(n2cc(C#C[Si](C)(C)C)c3c(N)ncnc32)OC(CO)[C@H]1O. The minimum atomic E-state index is -1.63. The first-order valence-corrected chi connectivity index (χ1v) is 11.9. The second-order valence-corrected chi connectivity index (χ2v) is 12.5. The van der Waals surface area contributed by atoms with Gasteiger partial charge in [0.05, 0.1) is 17.6 Å². The molecular formula is C17H24N4O4Si. The van der Waals surface area contributed by atoms with Gasteiger partial charge in [-0.3, -0.25) is 0 Å². The van der Waals surface area contributed by atoms with Gasteiger partial charge in [-0.25, -0.2) is 9.97 Å². The number of aliphatic hydroxyl groups is 3. The van der Waals surface area contributed by atoms with Crippen molar-refractivity contribution in [2.45, 2.75) is 50.6 Å². The van der Waals surface area contributed by atoms with Crippen molar-refractivity contribution < 1.29 is 20.1 Å². The summed E-state index contributed by atoms with van der Waals surface area (Å²) < 4.78 is 7.30. The zero-order chi connectivity index (χ0) is 19.3. The first-order valence-electron chi connectivity index (χ1n) is 8.37. The molecule has 0 bridgehead atoms. The number of nitrogens with zero attached hydrogens (tertiary/aromatic N) is 3. The number of nitrogens with two attached hydrogens (primary N) is 1. The highest BCUT2D eigenvalue weighted by atomic mass is 28.3. The van der Waals surface area contributed by atoms with E-state index in [-0.39, 0.29) is 5.82 Å². The van der Waals surface area contributed by atoms with Gasteiger partial charge in [-0.05, 0) is 6.92 Å². The van der Waals surface area contributed by atoms with Crippen LogP contribution in [0.3, 0.4) is 0 Å². The average molecular weight is 376 g/mol. The Kier molecular flexibility index (Phi) is 4.58. The number of aliphatic hydroxyl groups excluding tert-OH is 2. The Morgan fingerprint density at radius 1 is 1.38 bits per heavy atom. The van der Waals surface area contributed by atoms with E-state index in [1.165, 1.54) is 13.3 Å². The van der Waals surface area contributed by atoms with Gasteiger partial charge < -0.3 is 30.4 Å². The lowest BCUT2D eigenvalue weighted by Crippen LogP contribution is -2.44. The van der Waals surface area contributed by atoms with Crippen LogP contribution in [0.25, 0.3) is 11.0 Å². The summed E-state index contributed by atoms with van der Waals surface area (Å²) in [5, 5.41) is 31.0.